The van der Waals surface area contributed by atoms with Crippen molar-refractivity contribution < 1.29 is 9.30 Å². The van der Waals surface area contributed by atoms with Crippen LogP contribution in [-0.2, 0) is 17.8 Å². The number of hydrogen-bond donors (Lipinski definition) is 0. The highest BCUT2D eigenvalue weighted by Crippen LogP contribution is 2.35. The summed E-state index contributed by atoms with van der Waals surface area (Å²) in [6.45, 7) is 0.578. The van der Waals surface area contributed by atoms with Gasteiger partial charge in [-0.1, -0.05) is 47.1 Å². The minimum absolute atomic E-state index is 0.225. The lowest BCUT2D eigenvalue weighted by atomic mass is 10.1. The molecule has 0 N–H and O–H groups in total. The van der Waals surface area contributed by atoms with Gasteiger partial charge in [-0.25, -0.2) is 4.57 Å². The third-order valence-electron chi connectivity index (χ3n) is 4.65. The molecule has 2 heterocycles. The molecule has 5 rings (SSSR count). The van der Waals surface area contributed by atoms with Crippen molar-refractivity contribution in [3.8, 4) is 5.69 Å². The van der Waals surface area contributed by atoms with E-state index >= 15 is 0 Å². The Morgan fingerprint density at radius 3 is 2.77 bits per heavy atom. The van der Waals surface area contributed by atoms with Crippen LogP contribution in [-0.4, -0.2) is 15.9 Å². The predicted octanol–water partition coefficient (Wildman–Crippen LogP) is 2.20. The molecule has 4 heteroatoms. The highest BCUT2D eigenvalue weighted by atomic mass is 16.5. The minimum atomic E-state index is 0.225. The Hall–Kier alpha value is -2.46. The summed E-state index contributed by atoms with van der Waals surface area (Å²) in [5.41, 5.74) is 3.84. The average molecular weight is 290 g/mol. The van der Waals surface area contributed by atoms with Gasteiger partial charge in [0.2, 0.25) is 6.33 Å². The first-order valence-electron chi connectivity index (χ1n) is 7.65. The number of para-hydroxylation sites is 1. The highest BCUT2D eigenvalue weighted by Gasteiger charge is 2.43. The molecule has 108 valence electrons. The Kier molecular flexibility index (Phi) is 2.49. The summed E-state index contributed by atoms with van der Waals surface area (Å²) in [6.07, 6.45) is 3.32. The summed E-state index contributed by atoms with van der Waals surface area (Å²) in [6, 6.07) is 19.1. The Balaban J connectivity index is 1.64. The lowest BCUT2D eigenvalue weighted by molar-refractivity contribution is -0.739. The van der Waals surface area contributed by atoms with E-state index in [2.05, 4.69) is 47.3 Å². The molecule has 3 aromatic rings. The van der Waals surface area contributed by atoms with Crippen molar-refractivity contribution in [2.24, 2.45) is 0 Å². The zero-order valence-electron chi connectivity index (χ0n) is 12.1. The Bertz CT molecular complexity index is 841. The van der Waals surface area contributed by atoms with Crippen LogP contribution >= 0.6 is 0 Å². The van der Waals surface area contributed by atoms with Gasteiger partial charge in [0.05, 0.1) is 0 Å². The molecule has 22 heavy (non-hydrogen) atoms. The fourth-order valence-corrected chi connectivity index (χ4v) is 3.63. The van der Waals surface area contributed by atoms with E-state index < -0.39 is 0 Å². The molecule has 2 aliphatic rings. The van der Waals surface area contributed by atoms with Crippen molar-refractivity contribution in [2.75, 3.05) is 0 Å². The van der Waals surface area contributed by atoms with Crippen LogP contribution in [0.3, 0.4) is 0 Å². The highest BCUT2D eigenvalue weighted by molar-refractivity contribution is 5.35. The summed E-state index contributed by atoms with van der Waals surface area (Å²) in [5, 5.41) is 4.71. The van der Waals surface area contributed by atoms with E-state index in [4.69, 9.17) is 9.84 Å². The predicted molar refractivity (Wildman–Crippen MR) is 80.6 cm³/mol. The van der Waals surface area contributed by atoms with Gasteiger partial charge in [0, 0.05) is 11.5 Å². The Labute approximate surface area is 128 Å². The fourth-order valence-electron chi connectivity index (χ4n) is 3.63. The maximum absolute atomic E-state index is 6.06. The number of aromatic nitrogens is 3. The second-order valence-electron chi connectivity index (χ2n) is 5.92. The monoisotopic (exact) mass is 290 g/mol. The van der Waals surface area contributed by atoms with Crippen molar-refractivity contribution >= 4 is 0 Å². The summed E-state index contributed by atoms with van der Waals surface area (Å²) in [5.74, 6) is 0.988. The molecule has 0 spiro atoms. The van der Waals surface area contributed by atoms with Crippen molar-refractivity contribution in [1.82, 2.24) is 9.78 Å². The normalized spacial score (nSPS) is 22.0. The number of hydrogen-bond acceptors (Lipinski definition) is 2. The molecule has 4 nitrogen and oxygen atoms in total. The minimum Gasteiger partial charge on any atom is -0.363 e. The Morgan fingerprint density at radius 2 is 1.86 bits per heavy atom. The van der Waals surface area contributed by atoms with Crippen LogP contribution < -0.4 is 4.57 Å². The van der Waals surface area contributed by atoms with Gasteiger partial charge < -0.3 is 4.74 Å². The lowest BCUT2D eigenvalue weighted by Gasteiger charge is -2.23. The first kappa shape index (κ1) is 12.1. The van der Waals surface area contributed by atoms with Gasteiger partial charge in [-0.05, 0) is 23.3 Å². The van der Waals surface area contributed by atoms with Crippen molar-refractivity contribution in [3.63, 3.8) is 0 Å². The molecule has 2 atom stereocenters. The number of benzene rings is 2. The van der Waals surface area contributed by atoms with Gasteiger partial charge in [0.25, 0.3) is 0 Å². The van der Waals surface area contributed by atoms with Crippen LogP contribution in [0.25, 0.3) is 5.69 Å². The number of nitrogens with zero attached hydrogens (tertiary/aromatic N) is 3. The SMILES string of the molecule is c1ccc(-n2c[n+]3c(n2)CO[C@H]2Cc4ccccc4C23)cc1. The zero-order valence-corrected chi connectivity index (χ0v) is 12.1. The molecule has 2 aromatic carbocycles. The number of fused-ring (bicyclic) bond motifs is 5. The summed E-state index contributed by atoms with van der Waals surface area (Å²) in [7, 11) is 0. The summed E-state index contributed by atoms with van der Waals surface area (Å²) in [4.78, 5) is 0. The van der Waals surface area contributed by atoms with Crippen molar-refractivity contribution in [1.29, 1.82) is 0 Å². The van der Waals surface area contributed by atoms with E-state index in [0.717, 1.165) is 17.9 Å². The van der Waals surface area contributed by atoms with Gasteiger partial charge in [0.1, 0.15) is 24.4 Å². The molecule has 1 aliphatic carbocycles. The standard InChI is InChI=1S/C18H16N3O/c1-2-7-14(8-3-1)21-12-20-17(19-21)11-22-16-10-13-6-4-5-9-15(13)18(16)20/h1-9,12,16,18H,10-11H2/q+1/t16-,18?/m0/s1. The number of rotatable bonds is 1. The summed E-state index contributed by atoms with van der Waals surface area (Å²) < 4.78 is 10.3. The van der Waals surface area contributed by atoms with Crippen molar-refractivity contribution in [2.45, 2.75) is 25.2 Å². The topological polar surface area (TPSA) is 30.9 Å². The average Bonchev–Trinajstić information content (AvgIpc) is 3.16. The van der Waals surface area contributed by atoms with E-state index in [1.807, 2.05) is 22.9 Å². The lowest BCUT2D eigenvalue weighted by Crippen LogP contribution is -2.51. The van der Waals surface area contributed by atoms with Gasteiger partial charge in [0.15, 0.2) is 0 Å². The van der Waals surface area contributed by atoms with Crippen LogP contribution in [0, 0.1) is 0 Å². The van der Waals surface area contributed by atoms with Crippen LogP contribution in [0.1, 0.15) is 23.0 Å². The van der Waals surface area contributed by atoms with E-state index in [0.29, 0.717) is 6.61 Å². The molecule has 0 bridgehead atoms. The molecule has 0 saturated heterocycles. The zero-order chi connectivity index (χ0) is 14.5. The molecule has 0 radical (unpaired) electrons. The quantitative estimate of drug-likeness (QED) is 0.643. The van der Waals surface area contributed by atoms with Gasteiger partial charge >= 0.3 is 5.82 Å². The first-order chi connectivity index (χ1) is 10.9. The molecule has 0 saturated carbocycles. The molecule has 0 amide bonds. The van der Waals surface area contributed by atoms with Crippen LogP contribution in [0.15, 0.2) is 60.9 Å². The maximum atomic E-state index is 6.06. The van der Waals surface area contributed by atoms with Gasteiger partial charge in [-0.2, -0.15) is 0 Å². The number of ether oxygens (including phenoxy) is 1. The molecule has 1 unspecified atom stereocenters. The molecule has 1 aromatic heterocycles. The smallest absolute Gasteiger partial charge is 0.304 e. The largest absolute Gasteiger partial charge is 0.363 e. The second kappa shape index (κ2) is 4.52. The van der Waals surface area contributed by atoms with Crippen molar-refractivity contribution in [3.05, 3.63) is 77.9 Å². The second-order valence-corrected chi connectivity index (χ2v) is 5.92. The first-order valence-corrected chi connectivity index (χ1v) is 7.65. The van der Waals surface area contributed by atoms with E-state index in [1.54, 1.807) is 0 Å². The third kappa shape index (κ3) is 1.67. The molecular weight excluding hydrogens is 274 g/mol. The third-order valence-corrected chi connectivity index (χ3v) is 4.65. The van der Waals surface area contributed by atoms with E-state index in [9.17, 15) is 0 Å². The molecule has 1 aliphatic heterocycles. The van der Waals surface area contributed by atoms with E-state index in [1.165, 1.54) is 11.1 Å². The summed E-state index contributed by atoms with van der Waals surface area (Å²) >= 11 is 0. The Morgan fingerprint density at radius 1 is 1.05 bits per heavy atom. The molecule has 0 fully saturated rings. The van der Waals surface area contributed by atoms with E-state index in [-0.39, 0.29) is 12.1 Å². The van der Waals surface area contributed by atoms with Gasteiger partial charge in [-0.3, -0.25) is 0 Å². The van der Waals surface area contributed by atoms with Crippen LogP contribution in [0.4, 0.5) is 0 Å². The van der Waals surface area contributed by atoms with Crippen LogP contribution in [0.5, 0.6) is 0 Å². The van der Waals surface area contributed by atoms with Gasteiger partial charge in [-0.15, -0.1) is 0 Å². The fraction of sp³-hybridized carbons (Fsp3) is 0.222. The maximum Gasteiger partial charge on any atom is 0.304 e. The molecular formula is C18H16N3O+. The van der Waals surface area contributed by atoms with Crippen LogP contribution in [0.2, 0.25) is 0 Å².